The van der Waals surface area contributed by atoms with E-state index in [9.17, 15) is 4.79 Å². The average molecular weight is 275 g/mol. The van der Waals surface area contributed by atoms with Gasteiger partial charge in [-0.3, -0.25) is 4.79 Å². The van der Waals surface area contributed by atoms with Crippen molar-refractivity contribution >= 4 is 17.7 Å². The molecule has 96 valence electrons. The minimum Gasteiger partial charge on any atom is -1.00 e. The van der Waals surface area contributed by atoms with Gasteiger partial charge >= 0.3 is 5.97 Å². The Bertz CT molecular complexity index is 357. The Balaban J connectivity index is 0.00000256. The van der Waals surface area contributed by atoms with Crippen LogP contribution in [0.15, 0.2) is 30.3 Å². The van der Waals surface area contributed by atoms with Gasteiger partial charge in [0, 0.05) is 10.5 Å². The number of halogens is 1. The van der Waals surface area contributed by atoms with E-state index in [-0.39, 0.29) is 12.4 Å². The van der Waals surface area contributed by atoms with Crippen LogP contribution in [-0.2, 0) is 10.5 Å². The number of nitrogens with two attached hydrogens (primary N) is 1. The van der Waals surface area contributed by atoms with Gasteiger partial charge in [-0.25, -0.2) is 0 Å². The highest BCUT2D eigenvalue weighted by atomic mass is 35.5. The molecule has 1 aromatic carbocycles. The van der Waals surface area contributed by atoms with Crippen molar-refractivity contribution in [1.82, 2.24) is 0 Å². The van der Waals surface area contributed by atoms with Crippen LogP contribution in [0.4, 0.5) is 0 Å². The molecular weight excluding hydrogens is 258 g/mol. The van der Waals surface area contributed by atoms with E-state index >= 15 is 0 Å². The zero-order valence-electron chi connectivity index (χ0n) is 9.89. The van der Waals surface area contributed by atoms with Crippen LogP contribution in [-0.4, -0.2) is 21.9 Å². The van der Waals surface area contributed by atoms with Crippen LogP contribution in [0.2, 0.25) is 0 Å². The minimum atomic E-state index is -0.953. The van der Waals surface area contributed by atoms with Gasteiger partial charge in [-0.2, -0.15) is 0 Å². The van der Waals surface area contributed by atoms with Gasteiger partial charge in [-0.15, -0.1) is 11.8 Å². The molecule has 1 unspecified atom stereocenters. The summed E-state index contributed by atoms with van der Waals surface area (Å²) in [6, 6.07) is 9.11. The van der Waals surface area contributed by atoms with Crippen molar-refractivity contribution in [1.29, 1.82) is 0 Å². The van der Waals surface area contributed by atoms with Crippen LogP contribution in [0.3, 0.4) is 0 Å². The van der Waals surface area contributed by atoms with E-state index in [0.717, 1.165) is 5.75 Å². The molecule has 5 heteroatoms. The van der Waals surface area contributed by atoms with Gasteiger partial charge in [0.15, 0.2) is 0 Å². The number of hydrogen-bond acceptors (Lipinski definition) is 3. The Hall–Kier alpha value is -0.710. The highest BCUT2D eigenvalue weighted by molar-refractivity contribution is 7.99. The number of aliphatic carboxylic acids is 1. The van der Waals surface area contributed by atoms with Crippen molar-refractivity contribution in [3.8, 4) is 0 Å². The van der Waals surface area contributed by atoms with E-state index in [0.29, 0.717) is 0 Å². The Morgan fingerprint density at radius 3 is 2.41 bits per heavy atom. The minimum absolute atomic E-state index is 0. The monoisotopic (exact) mass is 274 g/mol. The van der Waals surface area contributed by atoms with E-state index in [4.69, 9.17) is 10.8 Å². The van der Waals surface area contributed by atoms with Gasteiger partial charge in [-0.1, -0.05) is 30.3 Å². The maximum atomic E-state index is 10.8. The number of carbonyl (C=O) groups is 1. The van der Waals surface area contributed by atoms with Gasteiger partial charge in [0.25, 0.3) is 0 Å². The van der Waals surface area contributed by atoms with E-state index in [1.54, 1.807) is 11.8 Å². The molecule has 0 heterocycles. The first-order valence-corrected chi connectivity index (χ1v) is 6.08. The molecule has 1 aromatic rings. The lowest BCUT2D eigenvalue weighted by molar-refractivity contribution is -0.139. The Labute approximate surface area is 112 Å². The molecule has 0 saturated heterocycles. The molecule has 0 saturated carbocycles. The molecular formula is C12H17ClNO2S-. The summed E-state index contributed by atoms with van der Waals surface area (Å²) in [5.41, 5.74) is 6.82. The molecule has 0 bridgehead atoms. The lowest BCUT2D eigenvalue weighted by Gasteiger charge is -2.27. The standard InChI is InChI=1S/C12H17NO2S.ClH/c1-12(2,10(13)11(14)15)16-8-9-6-4-3-5-7-9;/h3-7,10H,8,13H2,1-2H3,(H,14,15);1H/p-1. The Kier molecular flexibility index (Phi) is 6.60. The van der Waals surface area contributed by atoms with Crippen LogP contribution < -0.4 is 18.1 Å². The number of thioether (sulfide) groups is 1. The third-order valence-corrected chi connectivity index (χ3v) is 3.94. The normalized spacial score (nSPS) is 12.6. The van der Waals surface area contributed by atoms with Gasteiger partial charge in [0.05, 0.1) is 0 Å². The van der Waals surface area contributed by atoms with Crippen LogP contribution >= 0.6 is 11.8 Å². The first kappa shape index (κ1) is 16.3. The lowest BCUT2D eigenvalue weighted by Crippen LogP contribution is -3.00. The van der Waals surface area contributed by atoms with Crippen LogP contribution in [0, 0.1) is 0 Å². The largest absolute Gasteiger partial charge is 1.00 e. The highest BCUT2D eigenvalue weighted by Gasteiger charge is 2.32. The number of benzene rings is 1. The second-order valence-corrected chi connectivity index (χ2v) is 5.82. The molecule has 1 atom stereocenters. The molecule has 3 N–H and O–H groups in total. The van der Waals surface area contributed by atoms with Crippen molar-refractivity contribution in [2.24, 2.45) is 5.73 Å². The molecule has 0 aliphatic rings. The second kappa shape index (κ2) is 6.89. The summed E-state index contributed by atoms with van der Waals surface area (Å²) in [5, 5.41) is 8.88. The summed E-state index contributed by atoms with van der Waals surface area (Å²) in [6.07, 6.45) is 0. The number of hydrogen-bond donors (Lipinski definition) is 2. The van der Waals surface area contributed by atoms with Gasteiger partial charge < -0.3 is 23.2 Å². The smallest absolute Gasteiger partial charge is 0.321 e. The van der Waals surface area contributed by atoms with Crippen LogP contribution in [0.25, 0.3) is 0 Å². The predicted molar refractivity (Wildman–Crippen MR) is 67.4 cm³/mol. The van der Waals surface area contributed by atoms with E-state index in [1.807, 2.05) is 44.2 Å². The summed E-state index contributed by atoms with van der Waals surface area (Å²) in [6.45, 7) is 3.72. The molecule has 0 aliphatic heterocycles. The Morgan fingerprint density at radius 2 is 1.94 bits per heavy atom. The van der Waals surface area contributed by atoms with Gasteiger partial charge in [0.1, 0.15) is 6.04 Å². The van der Waals surface area contributed by atoms with E-state index in [2.05, 4.69) is 0 Å². The molecule has 0 aliphatic carbocycles. The van der Waals surface area contributed by atoms with Crippen molar-refractivity contribution in [2.75, 3.05) is 0 Å². The van der Waals surface area contributed by atoms with Crippen molar-refractivity contribution in [3.63, 3.8) is 0 Å². The fourth-order valence-corrected chi connectivity index (χ4v) is 2.24. The number of carboxylic acids is 1. The Morgan fingerprint density at radius 1 is 1.41 bits per heavy atom. The zero-order valence-corrected chi connectivity index (χ0v) is 11.5. The van der Waals surface area contributed by atoms with Crippen molar-refractivity contribution in [3.05, 3.63) is 35.9 Å². The molecule has 0 radical (unpaired) electrons. The average Bonchev–Trinajstić information content (AvgIpc) is 2.27. The molecule has 0 amide bonds. The van der Waals surface area contributed by atoms with Crippen LogP contribution in [0.1, 0.15) is 19.4 Å². The third kappa shape index (κ3) is 4.98. The fourth-order valence-electron chi connectivity index (χ4n) is 1.23. The quantitative estimate of drug-likeness (QED) is 0.732. The fraction of sp³-hybridized carbons (Fsp3) is 0.417. The summed E-state index contributed by atoms with van der Waals surface area (Å²) in [4.78, 5) is 10.8. The summed E-state index contributed by atoms with van der Waals surface area (Å²) in [5.74, 6) is -0.181. The van der Waals surface area contributed by atoms with E-state index in [1.165, 1.54) is 5.56 Å². The van der Waals surface area contributed by atoms with Gasteiger partial charge in [0.2, 0.25) is 0 Å². The topological polar surface area (TPSA) is 63.3 Å². The third-order valence-electron chi connectivity index (χ3n) is 2.47. The zero-order chi connectivity index (χ0) is 12.2. The molecule has 3 nitrogen and oxygen atoms in total. The molecule has 1 rings (SSSR count). The van der Waals surface area contributed by atoms with Crippen LogP contribution in [0.5, 0.6) is 0 Å². The molecule has 17 heavy (non-hydrogen) atoms. The summed E-state index contributed by atoms with van der Waals surface area (Å²) >= 11 is 1.56. The summed E-state index contributed by atoms with van der Waals surface area (Å²) < 4.78 is -0.471. The first-order chi connectivity index (χ1) is 7.43. The maximum Gasteiger partial charge on any atom is 0.321 e. The number of rotatable bonds is 5. The maximum absolute atomic E-state index is 10.8. The SMILES string of the molecule is CC(C)(SCc1ccccc1)C(N)C(=O)O.[Cl-]. The second-order valence-electron chi connectivity index (χ2n) is 4.19. The lowest BCUT2D eigenvalue weighted by atomic mass is 10.1. The first-order valence-electron chi connectivity index (χ1n) is 5.10. The van der Waals surface area contributed by atoms with Crippen molar-refractivity contribution < 1.29 is 22.3 Å². The molecule has 0 fully saturated rings. The van der Waals surface area contributed by atoms with Crippen molar-refractivity contribution in [2.45, 2.75) is 30.4 Å². The highest BCUT2D eigenvalue weighted by Crippen LogP contribution is 2.30. The van der Waals surface area contributed by atoms with E-state index < -0.39 is 16.8 Å². The molecule has 0 aromatic heterocycles. The molecule has 0 spiro atoms. The van der Waals surface area contributed by atoms with Gasteiger partial charge in [-0.05, 0) is 19.4 Å². The number of carboxylic acid groups (broad SMARTS) is 1. The summed E-state index contributed by atoms with van der Waals surface area (Å²) in [7, 11) is 0. The predicted octanol–water partition coefficient (Wildman–Crippen LogP) is -0.886.